The van der Waals surface area contributed by atoms with Gasteiger partial charge in [0.2, 0.25) is 5.95 Å². The third kappa shape index (κ3) is 5.93. The van der Waals surface area contributed by atoms with Crippen LogP contribution in [0.25, 0.3) is 11.0 Å². The lowest BCUT2D eigenvalue weighted by atomic mass is 10.1. The van der Waals surface area contributed by atoms with Crippen LogP contribution in [0, 0.1) is 13.8 Å². The molecule has 198 valence electrons. The Labute approximate surface area is 231 Å². The van der Waals surface area contributed by atoms with Crippen molar-refractivity contribution in [2.45, 2.75) is 32.8 Å². The monoisotopic (exact) mass is 553 g/mol. The maximum absolute atomic E-state index is 13.5. The molecule has 0 saturated carbocycles. The standard InChI is InChI=1S/C28H28ClN5O3.ClH/c1-16-7-3-4-9-20(16)26(35)31-18-13-21(27(36)32-23-11-5-10-22(29)17(23)2)25-24(14-18)33-28(34-25)30-15-19-8-6-12-37-19;/h3-5,7,9-11,13-14,19H,6,8,12,15H2,1-2H3,(H,31,35)(H,32,36)(H2,30,33,34);1H/t19-;/m1./s1. The van der Waals surface area contributed by atoms with Crippen molar-refractivity contribution in [2.75, 3.05) is 29.1 Å². The third-order valence-electron chi connectivity index (χ3n) is 6.52. The first-order valence-electron chi connectivity index (χ1n) is 12.2. The van der Waals surface area contributed by atoms with Gasteiger partial charge in [0.25, 0.3) is 11.8 Å². The van der Waals surface area contributed by atoms with Crippen molar-refractivity contribution in [1.82, 2.24) is 9.97 Å². The third-order valence-corrected chi connectivity index (χ3v) is 6.93. The highest BCUT2D eigenvalue weighted by Crippen LogP contribution is 2.28. The molecule has 8 nitrogen and oxygen atoms in total. The molecule has 0 radical (unpaired) electrons. The van der Waals surface area contributed by atoms with Gasteiger partial charge in [-0.1, -0.05) is 35.9 Å². The summed E-state index contributed by atoms with van der Waals surface area (Å²) in [5.74, 6) is -0.0915. The van der Waals surface area contributed by atoms with Gasteiger partial charge in [0.15, 0.2) is 0 Å². The van der Waals surface area contributed by atoms with E-state index in [1.807, 2.05) is 32.0 Å². The van der Waals surface area contributed by atoms with E-state index in [2.05, 4.69) is 25.9 Å². The number of aryl methyl sites for hydroxylation is 1. The molecular formula is C28H29Cl2N5O3. The highest BCUT2D eigenvalue weighted by molar-refractivity contribution is 6.31. The Morgan fingerprint density at radius 1 is 1.05 bits per heavy atom. The van der Waals surface area contributed by atoms with Gasteiger partial charge in [-0.15, -0.1) is 12.4 Å². The lowest BCUT2D eigenvalue weighted by molar-refractivity contribution is 0.101. The molecule has 1 aliphatic rings. The number of imidazole rings is 1. The summed E-state index contributed by atoms with van der Waals surface area (Å²) in [6.07, 6.45) is 2.17. The summed E-state index contributed by atoms with van der Waals surface area (Å²) in [6.45, 7) is 5.10. The van der Waals surface area contributed by atoms with E-state index in [0.717, 1.165) is 30.6 Å². The number of rotatable bonds is 7. The van der Waals surface area contributed by atoms with Crippen molar-refractivity contribution in [3.8, 4) is 0 Å². The molecule has 4 N–H and O–H groups in total. The summed E-state index contributed by atoms with van der Waals surface area (Å²) in [5.41, 5.74) is 4.68. The number of aromatic nitrogens is 2. The van der Waals surface area contributed by atoms with Crippen LogP contribution in [0.3, 0.4) is 0 Å². The Balaban J connectivity index is 0.00000336. The van der Waals surface area contributed by atoms with E-state index in [1.54, 1.807) is 36.4 Å². The first-order chi connectivity index (χ1) is 17.9. The predicted octanol–water partition coefficient (Wildman–Crippen LogP) is 6.35. The summed E-state index contributed by atoms with van der Waals surface area (Å²) < 4.78 is 5.69. The lowest BCUT2D eigenvalue weighted by Crippen LogP contribution is -2.18. The molecule has 1 aliphatic heterocycles. The van der Waals surface area contributed by atoms with Gasteiger partial charge in [0, 0.05) is 35.1 Å². The summed E-state index contributed by atoms with van der Waals surface area (Å²) in [5, 5.41) is 9.70. The average molecular weight is 554 g/mol. The number of carbonyl (C=O) groups excluding carboxylic acids is 2. The van der Waals surface area contributed by atoms with Gasteiger partial charge < -0.3 is 25.7 Å². The second-order valence-corrected chi connectivity index (χ2v) is 9.56. The number of halogens is 2. The van der Waals surface area contributed by atoms with Crippen LogP contribution in [-0.2, 0) is 4.74 Å². The molecule has 38 heavy (non-hydrogen) atoms. The summed E-state index contributed by atoms with van der Waals surface area (Å²) in [6, 6.07) is 16.1. The van der Waals surface area contributed by atoms with Gasteiger partial charge in [0.05, 0.1) is 17.2 Å². The SMILES string of the molecule is Cc1ccccc1C(=O)Nc1cc(C(=O)Nc2cccc(Cl)c2C)c2nc(NC[C@H]3CCCO3)[nH]c2c1.Cl. The van der Waals surface area contributed by atoms with Gasteiger partial charge in [-0.25, -0.2) is 4.98 Å². The van der Waals surface area contributed by atoms with Gasteiger partial charge in [-0.05, 0) is 68.1 Å². The lowest BCUT2D eigenvalue weighted by Gasteiger charge is -2.12. The minimum Gasteiger partial charge on any atom is -0.376 e. The van der Waals surface area contributed by atoms with E-state index in [1.165, 1.54) is 0 Å². The number of H-pyrrole nitrogens is 1. The summed E-state index contributed by atoms with van der Waals surface area (Å²) >= 11 is 6.25. The van der Waals surface area contributed by atoms with Gasteiger partial charge in [-0.2, -0.15) is 0 Å². The molecule has 1 fully saturated rings. The number of nitrogens with zero attached hydrogens (tertiary/aromatic N) is 1. The quantitative estimate of drug-likeness (QED) is 0.213. The molecule has 0 spiro atoms. The Hall–Kier alpha value is -3.59. The zero-order valence-electron chi connectivity index (χ0n) is 21.1. The highest BCUT2D eigenvalue weighted by atomic mass is 35.5. The van der Waals surface area contributed by atoms with Crippen LogP contribution in [-0.4, -0.2) is 41.0 Å². The van der Waals surface area contributed by atoms with Crippen molar-refractivity contribution in [2.24, 2.45) is 0 Å². The minimum atomic E-state index is -0.362. The van der Waals surface area contributed by atoms with E-state index in [0.29, 0.717) is 51.1 Å². The number of ether oxygens (including phenoxy) is 1. The summed E-state index contributed by atoms with van der Waals surface area (Å²) in [4.78, 5) is 34.4. The number of hydrogen-bond acceptors (Lipinski definition) is 5. The fourth-order valence-electron chi connectivity index (χ4n) is 4.42. The van der Waals surface area contributed by atoms with E-state index < -0.39 is 0 Å². The molecule has 4 aromatic rings. The van der Waals surface area contributed by atoms with E-state index >= 15 is 0 Å². The van der Waals surface area contributed by atoms with Gasteiger partial charge >= 0.3 is 0 Å². The maximum atomic E-state index is 13.5. The largest absolute Gasteiger partial charge is 0.376 e. The Bertz CT molecular complexity index is 1480. The average Bonchev–Trinajstić information content (AvgIpc) is 3.55. The van der Waals surface area contributed by atoms with E-state index in [-0.39, 0.29) is 30.3 Å². The molecule has 2 amide bonds. The van der Waals surface area contributed by atoms with Crippen LogP contribution in [0.5, 0.6) is 0 Å². The van der Waals surface area contributed by atoms with E-state index in [4.69, 9.17) is 16.3 Å². The first kappa shape index (κ1) is 27.4. The number of benzene rings is 3. The Morgan fingerprint density at radius 3 is 2.61 bits per heavy atom. The molecule has 0 bridgehead atoms. The van der Waals surface area contributed by atoms with Crippen molar-refractivity contribution in [3.63, 3.8) is 0 Å². The van der Waals surface area contributed by atoms with Crippen molar-refractivity contribution >= 4 is 64.2 Å². The Kier molecular flexibility index (Phi) is 8.56. The molecule has 2 heterocycles. The van der Waals surface area contributed by atoms with Crippen LogP contribution >= 0.6 is 24.0 Å². The first-order valence-corrected chi connectivity index (χ1v) is 12.6. The van der Waals surface area contributed by atoms with Crippen LogP contribution in [0.1, 0.15) is 44.7 Å². The number of anilines is 3. The smallest absolute Gasteiger partial charge is 0.258 e. The van der Waals surface area contributed by atoms with Crippen LogP contribution in [0.15, 0.2) is 54.6 Å². The van der Waals surface area contributed by atoms with Crippen LogP contribution in [0.4, 0.5) is 17.3 Å². The predicted molar refractivity (Wildman–Crippen MR) is 154 cm³/mol. The molecular weight excluding hydrogens is 525 g/mol. The molecule has 1 aromatic heterocycles. The highest BCUT2D eigenvalue weighted by Gasteiger charge is 2.20. The zero-order valence-corrected chi connectivity index (χ0v) is 22.6. The number of aromatic amines is 1. The zero-order chi connectivity index (χ0) is 25.9. The molecule has 0 aliphatic carbocycles. The number of fused-ring (bicyclic) bond motifs is 1. The summed E-state index contributed by atoms with van der Waals surface area (Å²) in [7, 11) is 0. The van der Waals surface area contributed by atoms with Crippen LogP contribution < -0.4 is 16.0 Å². The van der Waals surface area contributed by atoms with Crippen molar-refractivity contribution in [3.05, 3.63) is 81.9 Å². The second-order valence-electron chi connectivity index (χ2n) is 9.16. The van der Waals surface area contributed by atoms with Gasteiger partial charge in [-0.3, -0.25) is 9.59 Å². The van der Waals surface area contributed by atoms with E-state index in [9.17, 15) is 9.59 Å². The number of hydrogen-bond donors (Lipinski definition) is 4. The maximum Gasteiger partial charge on any atom is 0.258 e. The van der Waals surface area contributed by atoms with Crippen LogP contribution in [0.2, 0.25) is 5.02 Å². The fraction of sp³-hybridized carbons (Fsp3) is 0.250. The fourth-order valence-corrected chi connectivity index (χ4v) is 4.60. The Morgan fingerprint density at radius 2 is 1.84 bits per heavy atom. The van der Waals surface area contributed by atoms with Crippen molar-refractivity contribution < 1.29 is 14.3 Å². The minimum absolute atomic E-state index is 0. The topological polar surface area (TPSA) is 108 Å². The molecule has 3 aromatic carbocycles. The number of amides is 2. The molecule has 0 unspecified atom stereocenters. The molecule has 1 atom stereocenters. The van der Waals surface area contributed by atoms with Gasteiger partial charge in [0.1, 0.15) is 5.52 Å². The molecule has 1 saturated heterocycles. The number of nitrogens with one attached hydrogen (secondary N) is 4. The van der Waals surface area contributed by atoms with Crippen molar-refractivity contribution in [1.29, 1.82) is 0 Å². The number of carbonyl (C=O) groups is 2. The second kappa shape index (κ2) is 11.9. The molecule has 10 heteroatoms. The normalized spacial score (nSPS) is 14.7. The molecule has 5 rings (SSSR count).